The standard InChI is InChI=1S/C38H24S2/c1-2-9-25-19-27(14-13-23(25)7-1)36-30-11-5-6-12-31(30)37(32-16-15-24-8-3-4-10-29(24)38(32)36)35-22-28-21-33-26(17-18-39-33)20-34(28)40-35/h1-2,4-7,9-22H,3,8H2. The molecule has 0 saturated carbocycles. The fourth-order valence-electron chi connectivity index (χ4n) is 6.72. The van der Waals surface area contributed by atoms with Gasteiger partial charge in [0.05, 0.1) is 0 Å². The lowest BCUT2D eigenvalue weighted by Crippen LogP contribution is -1.98. The summed E-state index contributed by atoms with van der Waals surface area (Å²) in [5.41, 5.74) is 6.84. The van der Waals surface area contributed by atoms with Crippen molar-refractivity contribution in [2.75, 3.05) is 0 Å². The molecule has 0 bridgehead atoms. The van der Waals surface area contributed by atoms with Gasteiger partial charge in [-0.15, -0.1) is 22.7 Å². The Morgan fingerprint density at radius 3 is 2.33 bits per heavy atom. The van der Waals surface area contributed by atoms with E-state index in [1.807, 2.05) is 22.7 Å². The minimum atomic E-state index is 1.10. The molecule has 0 radical (unpaired) electrons. The molecular weight excluding hydrogens is 521 g/mol. The topological polar surface area (TPSA) is 0 Å². The number of hydrogen-bond acceptors (Lipinski definition) is 2. The molecule has 8 aromatic rings. The van der Waals surface area contributed by atoms with E-state index < -0.39 is 0 Å². The molecule has 1 aliphatic rings. The molecule has 0 fully saturated rings. The lowest BCUT2D eigenvalue weighted by molar-refractivity contribution is 0.990. The number of fused-ring (bicyclic) bond motifs is 7. The molecule has 1 aliphatic carbocycles. The van der Waals surface area contributed by atoms with E-state index in [0.717, 1.165) is 12.8 Å². The maximum Gasteiger partial charge on any atom is 0.0367 e. The van der Waals surface area contributed by atoms with Gasteiger partial charge in [0.15, 0.2) is 0 Å². The third kappa shape index (κ3) is 3.30. The molecule has 2 heteroatoms. The van der Waals surface area contributed by atoms with Crippen molar-refractivity contribution in [2.24, 2.45) is 0 Å². The average Bonchev–Trinajstić information content (AvgIpc) is 3.64. The summed E-state index contributed by atoms with van der Waals surface area (Å²) in [6, 6.07) is 38.9. The van der Waals surface area contributed by atoms with E-state index >= 15 is 0 Å². The lowest BCUT2D eigenvalue weighted by Gasteiger charge is -2.22. The summed E-state index contributed by atoms with van der Waals surface area (Å²) in [6.07, 6.45) is 6.94. The van der Waals surface area contributed by atoms with E-state index in [1.54, 1.807) is 0 Å². The molecule has 2 heterocycles. The van der Waals surface area contributed by atoms with Gasteiger partial charge in [-0.25, -0.2) is 0 Å². The van der Waals surface area contributed by atoms with Crippen molar-refractivity contribution in [2.45, 2.75) is 12.8 Å². The van der Waals surface area contributed by atoms with Crippen LogP contribution in [0.4, 0.5) is 0 Å². The van der Waals surface area contributed by atoms with Gasteiger partial charge in [0.25, 0.3) is 0 Å². The van der Waals surface area contributed by atoms with Crippen LogP contribution in [0.5, 0.6) is 0 Å². The summed E-state index contributed by atoms with van der Waals surface area (Å²) >= 11 is 3.75. The minimum Gasteiger partial charge on any atom is -0.144 e. The van der Waals surface area contributed by atoms with E-state index in [4.69, 9.17) is 0 Å². The highest BCUT2D eigenvalue weighted by atomic mass is 32.1. The quantitative estimate of drug-likeness (QED) is 0.190. The molecule has 188 valence electrons. The maximum absolute atomic E-state index is 2.42. The molecular formula is C38H24S2. The minimum absolute atomic E-state index is 1.10. The first kappa shape index (κ1) is 22.6. The second-order valence-corrected chi connectivity index (χ2v) is 12.9. The van der Waals surface area contributed by atoms with E-state index in [9.17, 15) is 0 Å². The first-order valence-corrected chi connectivity index (χ1v) is 15.6. The van der Waals surface area contributed by atoms with E-state index in [0.29, 0.717) is 0 Å². The largest absolute Gasteiger partial charge is 0.144 e. The predicted molar refractivity (Wildman–Crippen MR) is 178 cm³/mol. The first-order chi connectivity index (χ1) is 19.8. The van der Waals surface area contributed by atoms with Crippen molar-refractivity contribution < 1.29 is 0 Å². The molecule has 0 nitrogen and oxygen atoms in total. The van der Waals surface area contributed by atoms with Gasteiger partial charge in [-0.1, -0.05) is 84.9 Å². The third-order valence-electron chi connectivity index (χ3n) is 8.56. The summed E-state index contributed by atoms with van der Waals surface area (Å²) in [5.74, 6) is 0. The normalized spacial score (nSPS) is 13.2. The van der Waals surface area contributed by atoms with Crippen LogP contribution in [0.25, 0.3) is 80.1 Å². The zero-order valence-electron chi connectivity index (χ0n) is 21.8. The van der Waals surface area contributed by atoms with E-state index in [2.05, 4.69) is 121 Å². The Morgan fingerprint density at radius 1 is 0.575 bits per heavy atom. The van der Waals surface area contributed by atoms with Gasteiger partial charge < -0.3 is 0 Å². The number of thiophene rings is 2. The van der Waals surface area contributed by atoms with E-state index in [-0.39, 0.29) is 0 Å². The average molecular weight is 545 g/mol. The molecule has 0 N–H and O–H groups in total. The molecule has 0 amide bonds. The van der Waals surface area contributed by atoms with Gasteiger partial charge >= 0.3 is 0 Å². The number of rotatable bonds is 2. The summed E-state index contributed by atoms with van der Waals surface area (Å²) in [5, 5.41) is 12.8. The third-order valence-corrected chi connectivity index (χ3v) is 10.6. The van der Waals surface area contributed by atoms with Crippen molar-refractivity contribution >= 4 is 81.2 Å². The van der Waals surface area contributed by atoms with Crippen LogP contribution in [0.1, 0.15) is 17.5 Å². The Balaban J connectivity index is 1.44. The Morgan fingerprint density at radius 2 is 1.40 bits per heavy atom. The zero-order chi connectivity index (χ0) is 26.2. The summed E-state index contributed by atoms with van der Waals surface area (Å²) < 4.78 is 2.71. The molecule has 0 spiro atoms. The molecule has 0 aliphatic heterocycles. The van der Waals surface area contributed by atoms with Crippen LogP contribution in [-0.4, -0.2) is 0 Å². The fraction of sp³-hybridized carbons (Fsp3) is 0.0526. The Labute approximate surface area is 240 Å². The molecule has 0 saturated heterocycles. The van der Waals surface area contributed by atoms with Crippen molar-refractivity contribution in [3.63, 3.8) is 0 Å². The monoisotopic (exact) mass is 544 g/mol. The van der Waals surface area contributed by atoms with Crippen molar-refractivity contribution in [1.82, 2.24) is 0 Å². The van der Waals surface area contributed by atoms with Crippen LogP contribution < -0.4 is 0 Å². The Bertz CT molecular complexity index is 2280. The number of allylic oxidation sites excluding steroid dienone is 1. The SMILES string of the molecule is C1=Cc2c(ccc3c(-c4cc5cc6sccc6cc5s4)c4ccccc4c(-c4ccc5ccccc5c4)c23)CC1. The van der Waals surface area contributed by atoms with Crippen molar-refractivity contribution in [3.8, 4) is 21.6 Å². The Hall–Kier alpha value is -4.24. The Kier molecular flexibility index (Phi) is 4.87. The van der Waals surface area contributed by atoms with Crippen LogP contribution >= 0.6 is 22.7 Å². The highest BCUT2D eigenvalue weighted by Crippen LogP contribution is 2.49. The predicted octanol–water partition coefficient (Wildman–Crippen LogP) is 11.9. The molecule has 0 atom stereocenters. The number of hydrogen-bond donors (Lipinski definition) is 0. The van der Waals surface area contributed by atoms with Gasteiger partial charge in [0, 0.05) is 19.8 Å². The molecule has 0 unspecified atom stereocenters. The van der Waals surface area contributed by atoms with Gasteiger partial charge in [-0.3, -0.25) is 0 Å². The number of aryl methyl sites for hydroxylation is 1. The second-order valence-electron chi connectivity index (χ2n) is 10.8. The number of benzene rings is 6. The van der Waals surface area contributed by atoms with Gasteiger partial charge in [-0.2, -0.15) is 0 Å². The lowest BCUT2D eigenvalue weighted by atomic mass is 9.82. The van der Waals surface area contributed by atoms with Gasteiger partial charge in [0.1, 0.15) is 0 Å². The smallest absolute Gasteiger partial charge is 0.0367 e. The maximum atomic E-state index is 2.42. The fourth-order valence-corrected chi connectivity index (χ4v) is 8.70. The van der Waals surface area contributed by atoms with Crippen LogP contribution in [0.15, 0.2) is 115 Å². The van der Waals surface area contributed by atoms with Crippen LogP contribution in [0, 0.1) is 0 Å². The molecule has 2 aromatic heterocycles. The zero-order valence-corrected chi connectivity index (χ0v) is 23.4. The van der Waals surface area contributed by atoms with Gasteiger partial charge in [0.2, 0.25) is 0 Å². The summed E-state index contributed by atoms with van der Waals surface area (Å²) in [7, 11) is 0. The molecule has 40 heavy (non-hydrogen) atoms. The van der Waals surface area contributed by atoms with Crippen LogP contribution in [0.3, 0.4) is 0 Å². The van der Waals surface area contributed by atoms with E-state index in [1.165, 1.54) is 85.2 Å². The molecule has 6 aromatic carbocycles. The summed E-state index contributed by atoms with van der Waals surface area (Å²) in [6.45, 7) is 0. The highest BCUT2D eigenvalue weighted by molar-refractivity contribution is 7.23. The van der Waals surface area contributed by atoms with Crippen LogP contribution in [0.2, 0.25) is 0 Å². The highest BCUT2D eigenvalue weighted by Gasteiger charge is 2.22. The van der Waals surface area contributed by atoms with Gasteiger partial charge in [-0.05, 0) is 114 Å². The first-order valence-electron chi connectivity index (χ1n) is 13.9. The van der Waals surface area contributed by atoms with Crippen LogP contribution in [-0.2, 0) is 6.42 Å². The van der Waals surface area contributed by atoms with Crippen molar-refractivity contribution in [1.29, 1.82) is 0 Å². The summed E-state index contributed by atoms with van der Waals surface area (Å²) in [4.78, 5) is 1.35. The van der Waals surface area contributed by atoms with Crippen molar-refractivity contribution in [3.05, 3.63) is 126 Å². The second kappa shape index (κ2) is 8.63. The molecule has 9 rings (SSSR count).